The third-order valence-corrected chi connectivity index (χ3v) is 5.00. The molecule has 1 aliphatic heterocycles. The Labute approximate surface area is 88.7 Å². The number of piperidine rings is 1. The van der Waals surface area contributed by atoms with Gasteiger partial charge in [0.1, 0.15) is 0 Å². The van der Waals surface area contributed by atoms with Gasteiger partial charge in [0.05, 0.1) is 0 Å². The number of nitrogens with one attached hydrogen (secondary N) is 1. The summed E-state index contributed by atoms with van der Waals surface area (Å²) < 4.78 is 0. The molecular formula is C13H25N. The Morgan fingerprint density at radius 1 is 1.07 bits per heavy atom. The third kappa shape index (κ3) is 1.60. The fraction of sp³-hybridized carbons (Fsp3) is 1.00. The van der Waals surface area contributed by atoms with E-state index < -0.39 is 0 Å². The van der Waals surface area contributed by atoms with Gasteiger partial charge in [-0.1, -0.05) is 27.2 Å². The summed E-state index contributed by atoms with van der Waals surface area (Å²) in [5, 5.41) is 3.54. The molecule has 14 heavy (non-hydrogen) atoms. The predicted molar refractivity (Wildman–Crippen MR) is 61.3 cm³/mol. The van der Waals surface area contributed by atoms with E-state index in [0.29, 0.717) is 5.41 Å². The van der Waals surface area contributed by atoms with Crippen LogP contribution >= 0.6 is 0 Å². The molecule has 0 bridgehead atoms. The van der Waals surface area contributed by atoms with Crippen molar-refractivity contribution in [2.24, 2.45) is 23.2 Å². The van der Waals surface area contributed by atoms with Gasteiger partial charge < -0.3 is 5.32 Å². The van der Waals surface area contributed by atoms with Crippen molar-refractivity contribution in [3.63, 3.8) is 0 Å². The topological polar surface area (TPSA) is 12.0 Å². The van der Waals surface area contributed by atoms with Crippen molar-refractivity contribution >= 4 is 0 Å². The molecule has 1 spiro atoms. The lowest BCUT2D eigenvalue weighted by atomic mass is 9.56. The van der Waals surface area contributed by atoms with E-state index in [-0.39, 0.29) is 0 Å². The zero-order chi connectivity index (χ0) is 10.2. The highest BCUT2D eigenvalue weighted by Crippen LogP contribution is 2.51. The van der Waals surface area contributed by atoms with E-state index in [1.807, 2.05) is 0 Å². The molecule has 1 N–H and O–H groups in total. The summed E-state index contributed by atoms with van der Waals surface area (Å²) >= 11 is 0. The highest BCUT2D eigenvalue weighted by molar-refractivity contribution is 4.96. The standard InChI is InChI=1S/C13H25N/c1-10-4-5-11(2)13(8-10)6-7-14-9-12(13)3/h10-12,14H,4-9H2,1-3H3. The van der Waals surface area contributed by atoms with E-state index in [1.165, 1.54) is 38.8 Å². The molecule has 1 saturated carbocycles. The van der Waals surface area contributed by atoms with E-state index in [1.54, 1.807) is 0 Å². The first-order valence-corrected chi connectivity index (χ1v) is 6.36. The number of hydrogen-bond acceptors (Lipinski definition) is 1. The molecule has 1 aliphatic carbocycles. The summed E-state index contributed by atoms with van der Waals surface area (Å²) in [5.41, 5.74) is 0.683. The van der Waals surface area contributed by atoms with Crippen molar-refractivity contribution in [2.45, 2.75) is 46.5 Å². The summed E-state index contributed by atoms with van der Waals surface area (Å²) in [6.07, 6.45) is 5.82. The van der Waals surface area contributed by atoms with Gasteiger partial charge in [-0.3, -0.25) is 0 Å². The minimum Gasteiger partial charge on any atom is -0.316 e. The SMILES string of the molecule is CC1CCC(C)C2(CCNCC2C)C1. The maximum Gasteiger partial charge on any atom is -0.00177 e. The number of rotatable bonds is 0. The molecule has 4 atom stereocenters. The molecule has 1 heteroatoms. The molecule has 0 radical (unpaired) electrons. The molecule has 0 aromatic rings. The number of hydrogen-bond donors (Lipinski definition) is 1. The smallest absolute Gasteiger partial charge is 0.00177 e. The average molecular weight is 195 g/mol. The second-order valence-electron chi connectivity index (χ2n) is 5.88. The van der Waals surface area contributed by atoms with Crippen LogP contribution in [-0.2, 0) is 0 Å². The van der Waals surface area contributed by atoms with Crippen LogP contribution in [0.15, 0.2) is 0 Å². The van der Waals surface area contributed by atoms with Gasteiger partial charge in [0, 0.05) is 0 Å². The fourth-order valence-electron chi connectivity index (χ4n) is 3.90. The molecule has 2 aliphatic rings. The van der Waals surface area contributed by atoms with Crippen molar-refractivity contribution in [2.75, 3.05) is 13.1 Å². The summed E-state index contributed by atoms with van der Waals surface area (Å²) in [6.45, 7) is 9.90. The molecule has 1 heterocycles. The second kappa shape index (κ2) is 3.84. The molecule has 2 fully saturated rings. The largest absolute Gasteiger partial charge is 0.316 e. The van der Waals surface area contributed by atoms with E-state index in [4.69, 9.17) is 0 Å². The fourth-order valence-corrected chi connectivity index (χ4v) is 3.90. The van der Waals surface area contributed by atoms with Gasteiger partial charge >= 0.3 is 0 Å². The van der Waals surface area contributed by atoms with Crippen LogP contribution in [0, 0.1) is 23.2 Å². The lowest BCUT2D eigenvalue weighted by molar-refractivity contribution is -0.00672. The zero-order valence-electron chi connectivity index (χ0n) is 9.97. The molecule has 1 saturated heterocycles. The van der Waals surface area contributed by atoms with Gasteiger partial charge in [-0.15, -0.1) is 0 Å². The van der Waals surface area contributed by atoms with Crippen molar-refractivity contribution in [3.05, 3.63) is 0 Å². The second-order valence-corrected chi connectivity index (χ2v) is 5.88. The predicted octanol–water partition coefficient (Wildman–Crippen LogP) is 3.06. The Kier molecular flexibility index (Phi) is 2.88. The Balaban J connectivity index is 2.16. The first-order valence-electron chi connectivity index (χ1n) is 6.36. The lowest BCUT2D eigenvalue weighted by Gasteiger charge is -2.52. The molecular weight excluding hydrogens is 170 g/mol. The highest BCUT2D eigenvalue weighted by Gasteiger charge is 2.45. The maximum atomic E-state index is 3.54. The summed E-state index contributed by atoms with van der Waals surface area (Å²) in [7, 11) is 0. The zero-order valence-corrected chi connectivity index (χ0v) is 9.97. The van der Waals surface area contributed by atoms with Crippen LogP contribution in [-0.4, -0.2) is 13.1 Å². The Hall–Kier alpha value is -0.0400. The maximum absolute atomic E-state index is 3.54. The first-order chi connectivity index (χ1) is 6.65. The van der Waals surface area contributed by atoms with Crippen molar-refractivity contribution in [1.82, 2.24) is 5.32 Å². The van der Waals surface area contributed by atoms with E-state index >= 15 is 0 Å². The summed E-state index contributed by atoms with van der Waals surface area (Å²) in [6, 6.07) is 0. The molecule has 0 amide bonds. The van der Waals surface area contributed by atoms with Gasteiger partial charge in [0.15, 0.2) is 0 Å². The van der Waals surface area contributed by atoms with Crippen molar-refractivity contribution < 1.29 is 0 Å². The molecule has 1 nitrogen and oxygen atoms in total. The Morgan fingerprint density at radius 2 is 1.86 bits per heavy atom. The summed E-state index contributed by atoms with van der Waals surface area (Å²) in [5.74, 6) is 2.80. The van der Waals surface area contributed by atoms with E-state index in [2.05, 4.69) is 26.1 Å². The first kappa shape index (κ1) is 10.5. The molecule has 0 aromatic heterocycles. The minimum atomic E-state index is 0.683. The quantitative estimate of drug-likeness (QED) is 0.626. The monoisotopic (exact) mass is 195 g/mol. The van der Waals surface area contributed by atoms with Crippen LogP contribution in [0.5, 0.6) is 0 Å². The Morgan fingerprint density at radius 3 is 2.57 bits per heavy atom. The van der Waals surface area contributed by atoms with E-state index in [9.17, 15) is 0 Å². The molecule has 4 unspecified atom stereocenters. The van der Waals surface area contributed by atoms with Crippen LogP contribution in [0.3, 0.4) is 0 Å². The molecule has 82 valence electrons. The average Bonchev–Trinajstić information content (AvgIpc) is 2.17. The Bertz CT molecular complexity index is 195. The normalized spacial score (nSPS) is 49.5. The highest BCUT2D eigenvalue weighted by atomic mass is 14.9. The molecule has 2 rings (SSSR count). The van der Waals surface area contributed by atoms with Gasteiger partial charge in [0.25, 0.3) is 0 Å². The van der Waals surface area contributed by atoms with Crippen LogP contribution in [0.2, 0.25) is 0 Å². The van der Waals surface area contributed by atoms with Gasteiger partial charge in [-0.25, -0.2) is 0 Å². The molecule has 0 aromatic carbocycles. The van der Waals surface area contributed by atoms with Crippen molar-refractivity contribution in [3.8, 4) is 0 Å². The van der Waals surface area contributed by atoms with Crippen LogP contribution in [0.1, 0.15) is 46.5 Å². The van der Waals surface area contributed by atoms with Gasteiger partial charge in [-0.2, -0.15) is 0 Å². The third-order valence-electron chi connectivity index (χ3n) is 5.00. The van der Waals surface area contributed by atoms with E-state index in [0.717, 1.165) is 17.8 Å². The minimum absolute atomic E-state index is 0.683. The van der Waals surface area contributed by atoms with Crippen LogP contribution < -0.4 is 5.32 Å². The summed E-state index contributed by atoms with van der Waals surface area (Å²) in [4.78, 5) is 0. The van der Waals surface area contributed by atoms with Crippen molar-refractivity contribution in [1.29, 1.82) is 0 Å². The van der Waals surface area contributed by atoms with Crippen LogP contribution in [0.4, 0.5) is 0 Å². The van der Waals surface area contributed by atoms with Gasteiger partial charge in [0.2, 0.25) is 0 Å². The van der Waals surface area contributed by atoms with Gasteiger partial charge in [-0.05, 0) is 55.5 Å². The lowest BCUT2D eigenvalue weighted by Crippen LogP contribution is -2.49. The van der Waals surface area contributed by atoms with Crippen LogP contribution in [0.25, 0.3) is 0 Å².